The average molecular weight is 510 g/mol. The molecule has 11 heteroatoms. The molecule has 5 aliphatic rings. The number of allylic oxidation sites excluding steroid dienone is 2. The summed E-state index contributed by atoms with van der Waals surface area (Å²) in [6.07, 6.45) is 0.197. The van der Waals surface area contributed by atoms with E-state index in [-0.39, 0.29) is 16.7 Å². The van der Waals surface area contributed by atoms with Gasteiger partial charge in [0, 0.05) is 11.8 Å². The third-order valence-electron chi connectivity index (χ3n) is 6.86. The van der Waals surface area contributed by atoms with Gasteiger partial charge in [0.25, 0.3) is 11.8 Å². The summed E-state index contributed by atoms with van der Waals surface area (Å²) in [5.74, 6) is -3.47. The van der Waals surface area contributed by atoms with Crippen LogP contribution in [0, 0.1) is 23.7 Å². The van der Waals surface area contributed by atoms with Gasteiger partial charge >= 0.3 is 0 Å². The van der Waals surface area contributed by atoms with Crippen LogP contribution in [-0.2, 0) is 19.2 Å². The first-order valence-corrected chi connectivity index (χ1v) is 11.3. The van der Waals surface area contributed by atoms with Gasteiger partial charge in [-0.3, -0.25) is 14.4 Å². The Morgan fingerprint density at radius 3 is 1.86 bits per heavy atom. The Balaban J connectivity index is 1.55. The van der Waals surface area contributed by atoms with Gasteiger partial charge in [-0.25, -0.2) is 0 Å². The molecule has 2 amide bonds. The van der Waals surface area contributed by atoms with Crippen LogP contribution in [0.5, 0.6) is 0 Å². The molecule has 0 aromatic carbocycles. The minimum Gasteiger partial charge on any atom is -0.373 e. The standard InChI is InChI=1S/C17H15Cl6NO4/c1-2-3-4-27-24-13(25)5-6(14(24)26)10-8-7(9(5)28-10)15(20)11(18)12(19)16(8,21)17(15,22)23/h5-10H,2-4H2,1H3/t5-,6+,7-,8-,9+,10-,15+,16+/m0/s1. The number of hydroxylamine groups is 2. The van der Waals surface area contributed by atoms with Crippen LogP contribution in [0.3, 0.4) is 0 Å². The molecule has 0 aromatic rings. The molecule has 0 aromatic heterocycles. The van der Waals surface area contributed by atoms with Crippen LogP contribution in [0.15, 0.2) is 10.1 Å². The summed E-state index contributed by atoms with van der Waals surface area (Å²) in [6, 6.07) is 0. The number of rotatable bonds is 4. The topological polar surface area (TPSA) is 55.8 Å². The molecule has 4 bridgehead atoms. The van der Waals surface area contributed by atoms with Gasteiger partial charge in [-0.1, -0.05) is 59.7 Å². The molecular weight excluding hydrogens is 495 g/mol. The first-order valence-electron chi connectivity index (χ1n) is 9.04. The highest BCUT2D eigenvalue weighted by atomic mass is 35.5. The number of carbonyl (C=O) groups excluding carboxylic acids is 2. The number of imide groups is 1. The van der Waals surface area contributed by atoms with E-state index in [1.807, 2.05) is 6.92 Å². The highest BCUT2D eigenvalue weighted by Gasteiger charge is 2.90. The van der Waals surface area contributed by atoms with E-state index < -0.39 is 61.8 Å². The number of amides is 2. The van der Waals surface area contributed by atoms with Gasteiger partial charge in [0.15, 0.2) is 4.33 Å². The molecule has 0 N–H and O–H groups in total. The number of hydrogen-bond donors (Lipinski definition) is 0. The van der Waals surface area contributed by atoms with Crippen molar-refractivity contribution in [2.24, 2.45) is 23.7 Å². The van der Waals surface area contributed by atoms with Crippen molar-refractivity contribution < 1.29 is 19.2 Å². The van der Waals surface area contributed by atoms with E-state index in [0.717, 1.165) is 17.9 Å². The fourth-order valence-electron chi connectivity index (χ4n) is 5.70. The zero-order valence-corrected chi connectivity index (χ0v) is 19.0. The molecule has 1 saturated carbocycles. The SMILES string of the molecule is CCCCON1C(=O)[C@@H]2[C@H]3O[C@@H]([C@@H]2C1=O)[C@@H]1[C@@H]3[C@@]2(Cl)C(Cl)=C(Cl)[C@@]1(Cl)C2(Cl)Cl. The second-order valence-corrected chi connectivity index (χ2v) is 11.2. The molecule has 5 rings (SSSR count). The molecule has 3 aliphatic heterocycles. The van der Waals surface area contributed by atoms with E-state index in [4.69, 9.17) is 79.2 Å². The third-order valence-corrected chi connectivity index (χ3v) is 11.1. The molecule has 0 unspecified atom stereocenters. The quantitative estimate of drug-likeness (QED) is 0.324. The van der Waals surface area contributed by atoms with Gasteiger partial charge < -0.3 is 4.74 Å². The van der Waals surface area contributed by atoms with Gasteiger partial charge in [-0.2, -0.15) is 5.06 Å². The Kier molecular flexibility index (Phi) is 4.43. The summed E-state index contributed by atoms with van der Waals surface area (Å²) in [5.41, 5.74) is 0. The predicted molar refractivity (Wildman–Crippen MR) is 106 cm³/mol. The van der Waals surface area contributed by atoms with Crippen molar-refractivity contribution in [3.05, 3.63) is 10.1 Å². The van der Waals surface area contributed by atoms with Gasteiger partial charge in [0.05, 0.1) is 40.7 Å². The van der Waals surface area contributed by atoms with Crippen molar-refractivity contribution in [3.63, 3.8) is 0 Å². The van der Waals surface area contributed by atoms with E-state index in [9.17, 15) is 9.59 Å². The number of fused-ring (bicyclic) bond motifs is 12. The van der Waals surface area contributed by atoms with Crippen LogP contribution in [0.1, 0.15) is 19.8 Å². The van der Waals surface area contributed by atoms with Crippen LogP contribution >= 0.6 is 69.6 Å². The van der Waals surface area contributed by atoms with E-state index in [2.05, 4.69) is 0 Å². The van der Waals surface area contributed by atoms with Crippen molar-refractivity contribution in [2.75, 3.05) is 6.61 Å². The first-order chi connectivity index (χ1) is 13.1. The number of halogens is 6. The largest absolute Gasteiger partial charge is 0.373 e. The molecule has 2 aliphatic carbocycles. The number of nitrogens with zero attached hydrogens (tertiary/aromatic N) is 1. The molecule has 5 nitrogen and oxygen atoms in total. The zero-order chi connectivity index (χ0) is 20.4. The lowest BCUT2D eigenvalue weighted by atomic mass is 9.65. The van der Waals surface area contributed by atoms with Crippen molar-refractivity contribution in [1.82, 2.24) is 5.06 Å². The van der Waals surface area contributed by atoms with Crippen molar-refractivity contribution >= 4 is 81.4 Å². The Morgan fingerprint density at radius 1 is 0.964 bits per heavy atom. The van der Waals surface area contributed by atoms with Gasteiger partial charge in [-0.05, 0) is 6.42 Å². The third kappa shape index (κ3) is 1.90. The molecular formula is C17H15Cl6NO4. The first kappa shape index (κ1) is 20.4. The molecule has 154 valence electrons. The Labute approximate surface area is 191 Å². The maximum absolute atomic E-state index is 13.0. The van der Waals surface area contributed by atoms with Crippen LogP contribution in [0.4, 0.5) is 0 Å². The summed E-state index contributed by atoms with van der Waals surface area (Å²) in [6.45, 7) is 2.27. The normalized spacial score (nSPS) is 50.2. The Bertz CT molecular complexity index is 776. The van der Waals surface area contributed by atoms with Crippen LogP contribution in [-0.4, -0.2) is 49.8 Å². The van der Waals surface area contributed by atoms with Crippen LogP contribution in [0.25, 0.3) is 0 Å². The van der Waals surface area contributed by atoms with E-state index in [0.29, 0.717) is 0 Å². The summed E-state index contributed by atoms with van der Waals surface area (Å²) in [5, 5.41) is 0.999. The number of alkyl halides is 4. The average Bonchev–Trinajstić information content (AvgIpc) is 3.34. The summed E-state index contributed by atoms with van der Waals surface area (Å²) in [4.78, 5) is 28.3. The second kappa shape index (κ2) is 6.07. The minimum atomic E-state index is -1.71. The lowest BCUT2D eigenvalue weighted by Crippen LogP contribution is -2.50. The number of carbonyl (C=O) groups is 2. The molecule has 0 spiro atoms. The summed E-state index contributed by atoms with van der Waals surface area (Å²) in [7, 11) is 0. The van der Waals surface area contributed by atoms with E-state index in [1.165, 1.54) is 0 Å². The molecule has 8 atom stereocenters. The monoisotopic (exact) mass is 507 g/mol. The highest BCUT2D eigenvalue weighted by Crippen LogP contribution is 2.81. The van der Waals surface area contributed by atoms with Crippen molar-refractivity contribution in [3.8, 4) is 0 Å². The fourth-order valence-corrected chi connectivity index (χ4v) is 8.76. The second-order valence-electron chi connectivity index (χ2n) is 7.95. The van der Waals surface area contributed by atoms with Crippen LogP contribution in [0.2, 0.25) is 0 Å². The van der Waals surface area contributed by atoms with Gasteiger partial charge in [-0.15, -0.1) is 23.2 Å². The lowest BCUT2D eigenvalue weighted by molar-refractivity contribution is -0.192. The number of ether oxygens (including phenoxy) is 1. The molecule has 0 radical (unpaired) electrons. The smallest absolute Gasteiger partial charge is 0.260 e. The Hall–Kier alpha value is 0.540. The molecule has 3 saturated heterocycles. The van der Waals surface area contributed by atoms with E-state index in [1.54, 1.807) is 0 Å². The number of unbranched alkanes of at least 4 members (excludes halogenated alkanes) is 1. The highest BCUT2D eigenvalue weighted by molar-refractivity contribution is 6.65. The molecule has 3 heterocycles. The predicted octanol–water partition coefficient (Wildman–Crippen LogP) is 4.18. The van der Waals surface area contributed by atoms with Gasteiger partial charge in [0.2, 0.25) is 0 Å². The maximum atomic E-state index is 13.0. The fraction of sp³-hybridized carbons (Fsp3) is 0.765. The van der Waals surface area contributed by atoms with Crippen LogP contribution < -0.4 is 0 Å². The zero-order valence-electron chi connectivity index (χ0n) is 14.4. The molecule has 4 fully saturated rings. The lowest BCUT2D eigenvalue weighted by Gasteiger charge is -2.39. The van der Waals surface area contributed by atoms with E-state index >= 15 is 0 Å². The maximum Gasteiger partial charge on any atom is 0.260 e. The minimum absolute atomic E-state index is 0.0672. The van der Waals surface area contributed by atoms with Gasteiger partial charge in [0.1, 0.15) is 9.75 Å². The summed E-state index contributed by atoms with van der Waals surface area (Å²) >= 11 is 39.9. The Morgan fingerprint density at radius 2 is 1.43 bits per heavy atom. The van der Waals surface area contributed by atoms with Crippen molar-refractivity contribution in [1.29, 1.82) is 0 Å². The number of hydrogen-bond acceptors (Lipinski definition) is 4. The van der Waals surface area contributed by atoms with Crippen molar-refractivity contribution in [2.45, 2.75) is 46.1 Å². The summed E-state index contributed by atoms with van der Waals surface area (Å²) < 4.78 is 4.35. The molecule has 28 heavy (non-hydrogen) atoms.